The number of piperidine rings is 1. The molecular formula is C14H19N5O2. The molecule has 1 amide bonds. The molecule has 2 aromatic rings. The Morgan fingerprint density at radius 3 is 2.90 bits per heavy atom. The first kappa shape index (κ1) is 13.8. The number of carbonyl (C=O) groups excluding carboxylic acids is 1. The summed E-state index contributed by atoms with van der Waals surface area (Å²) < 4.78 is 6.96. The first-order valence-electron chi connectivity index (χ1n) is 7.08. The van der Waals surface area contributed by atoms with Gasteiger partial charge in [-0.25, -0.2) is 0 Å². The van der Waals surface area contributed by atoms with Gasteiger partial charge in [-0.15, -0.1) is 0 Å². The van der Waals surface area contributed by atoms with Crippen LogP contribution in [0.25, 0.3) is 0 Å². The molecular weight excluding hydrogens is 270 g/mol. The van der Waals surface area contributed by atoms with Crippen LogP contribution in [0.3, 0.4) is 0 Å². The molecule has 0 aromatic carbocycles. The molecule has 7 heteroatoms. The number of amides is 1. The summed E-state index contributed by atoms with van der Waals surface area (Å²) >= 11 is 0. The van der Waals surface area contributed by atoms with Gasteiger partial charge in [-0.2, -0.15) is 10.1 Å². The highest BCUT2D eigenvalue weighted by molar-refractivity contribution is 5.92. The highest BCUT2D eigenvalue weighted by atomic mass is 16.5. The van der Waals surface area contributed by atoms with Crippen LogP contribution in [0.1, 0.15) is 42.0 Å². The molecule has 1 aliphatic rings. The van der Waals surface area contributed by atoms with Gasteiger partial charge in [0, 0.05) is 26.3 Å². The molecule has 1 unspecified atom stereocenters. The Labute approximate surface area is 122 Å². The lowest BCUT2D eigenvalue weighted by atomic mass is 9.81. The number of hydrogen-bond donors (Lipinski definition) is 0. The molecule has 0 N–H and O–H groups in total. The highest BCUT2D eigenvalue weighted by Gasteiger charge is 2.39. The van der Waals surface area contributed by atoms with Crippen LogP contribution >= 0.6 is 0 Å². The molecule has 1 fully saturated rings. The first-order valence-corrected chi connectivity index (χ1v) is 7.08. The van der Waals surface area contributed by atoms with Gasteiger partial charge in [-0.3, -0.25) is 9.48 Å². The minimum atomic E-state index is -0.288. The van der Waals surface area contributed by atoms with E-state index in [1.807, 2.05) is 4.90 Å². The van der Waals surface area contributed by atoms with Crippen molar-refractivity contribution >= 4 is 5.91 Å². The molecule has 1 atom stereocenters. The third kappa shape index (κ3) is 2.55. The van der Waals surface area contributed by atoms with E-state index in [0.717, 1.165) is 19.4 Å². The zero-order chi connectivity index (χ0) is 15.0. The topological polar surface area (TPSA) is 77.0 Å². The first-order chi connectivity index (χ1) is 9.98. The van der Waals surface area contributed by atoms with Crippen molar-refractivity contribution in [3.05, 3.63) is 29.7 Å². The van der Waals surface area contributed by atoms with E-state index in [4.69, 9.17) is 4.52 Å². The van der Waals surface area contributed by atoms with Gasteiger partial charge in [-0.1, -0.05) is 5.16 Å². The molecule has 0 radical (unpaired) electrons. The molecule has 1 aliphatic heterocycles. The molecule has 7 nitrogen and oxygen atoms in total. The number of hydrogen-bond acceptors (Lipinski definition) is 5. The van der Waals surface area contributed by atoms with Crippen LogP contribution in [0.5, 0.6) is 0 Å². The monoisotopic (exact) mass is 289 g/mol. The number of aromatic nitrogens is 4. The van der Waals surface area contributed by atoms with E-state index in [0.29, 0.717) is 24.0 Å². The fourth-order valence-electron chi connectivity index (χ4n) is 2.82. The standard InChI is InChI=1S/C14H19N5O2/c1-10-15-13(21-17-10)14(2)6-4-7-19(9-14)12(20)11-5-8-18(3)16-11/h5,8H,4,6-7,9H2,1-3H3. The van der Waals surface area contributed by atoms with E-state index in [9.17, 15) is 4.79 Å². The largest absolute Gasteiger partial charge is 0.339 e. The molecule has 3 heterocycles. The predicted octanol–water partition coefficient (Wildman–Crippen LogP) is 1.31. The van der Waals surface area contributed by atoms with Gasteiger partial charge in [0.15, 0.2) is 5.82 Å². The molecule has 1 saturated heterocycles. The Hall–Kier alpha value is -2.18. The van der Waals surface area contributed by atoms with E-state index in [2.05, 4.69) is 22.2 Å². The van der Waals surface area contributed by atoms with E-state index in [1.165, 1.54) is 0 Å². The van der Waals surface area contributed by atoms with Crippen molar-refractivity contribution in [2.45, 2.75) is 32.1 Å². The smallest absolute Gasteiger partial charge is 0.274 e. The lowest BCUT2D eigenvalue weighted by Gasteiger charge is -2.37. The SMILES string of the molecule is Cc1noc(C2(C)CCCN(C(=O)c3ccn(C)n3)C2)n1. The third-order valence-electron chi connectivity index (χ3n) is 3.96. The van der Waals surface area contributed by atoms with Crippen molar-refractivity contribution in [1.82, 2.24) is 24.8 Å². The van der Waals surface area contributed by atoms with Gasteiger partial charge in [0.25, 0.3) is 5.91 Å². The van der Waals surface area contributed by atoms with Gasteiger partial charge in [-0.05, 0) is 32.8 Å². The Morgan fingerprint density at radius 2 is 2.29 bits per heavy atom. The number of nitrogens with zero attached hydrogens (tertiary/aromatic N) is 5. The van der Waals surface area contributed by atoms with Gasteiger partial charge in [0.2, 0.25) is 5.89 Å². The second kappa shape index (κ2) is 4.98. The summed E-state index contributed by atoms with van der Waals surface area (Å²) in [6, 6.07) is 1.74. The van der Waals surface area contributed by atoms with Crippen LogP contribution in [-0.2, 0) is 12.5 Å². The maximum atomic E-state index is 12.5. The van der Waals surface area contributed by atoms with E-state index >= 15 is 0 Å². The van der Waals surface area contributed by atoms with Crippen molar-refractivity contribution < 1.29 is 9.32 Å². The molecule has 0 aliphatic carbocycles. The predicted molar refractivity (Wildman–Crippen MR) is 74.7 cm³/mol. The van der Waals surface area contributed by atoms with Crippen molar-refractivity contribution in [2.24, 2.45) is 7.05 Å². The summed E-state index contributed by atoms with van der Waals surface area (Å²) in [4.78, 5) is 18.7. The molecule has 0 saturated carbocycles. The van der Waals surface area contributed by atoms with E-state index in [1.54, 1.807) is 30.9 Å². The quantitative estimate of drug-likeness (QED) is 0.833. The van der Waals surface area contributed by atoms with Crippen molar-refractivity contribution in [2.75, 3.05) is 13.1 Å². The van der Waals surface area contributed by atoms with Crippen molar-refractivity contribution in [3.63, 3.8) is 0 Å². The van der Waals surface area contributed by atoms with Gasteiger partial charge in [0.05, 0.1) is 5.41 Å². The van der Waals surface area contributed by atoms with Gasteiger partial charge < -0.3 is 9.42 Å². The lowest BCUT2D eigenvalue weighted by molar-refractivity contribution is 0.0613. The average Bonchev–Trinajstić information content (AvgIpc) is 3.07. The average molecular weight is 289 g/mol. The van der Waals surface area contributed by atoms with Crippen LogP contribution in [0, 0.1) is 6.92 Å². The summed E-state index contributed by atoms with van der Waals surface area (Å²) in [5.74, 6) is 1.19. The molecule has 0 spiro atoms. The summed E-state index contributed by atoms with van der Waals surface area (Å²) in [6.45, 7) is 5.18. The lowest BCUT2D eigenvalue weighted by Crippen LogP contribution is -2.47. The maximum absolute atomic E-state index is 12.5. The van der Waals surface area contributed by atoms with Crippen molar-refractivity contribution in [3.8, 4) is 0 Å². The zero-order valence-electron chi connectivity index (χ0n) is 12.5. The van der Waals surface area contributed by atoms with Crippen molar-refractivity contribution in [1.29, 1.82) is 0 Å². The molecule has 112 valence electrons. The minimum absolute atomic E-state index is 0.0437. The van der Waals surface area contributed by atoms with Crippen LogP contribution in [0.15, 0.2) is 16.8 Å². The second-order valence-corrected chi connectivity index (χ2v) is 5.91. The van der Waals surface area contributed by atoms with Crippen LogP contribution in [0.4, 0.5) is 0 Å². The Bertz CT molecular complexity index is 662. The summed E-state index contributed by atoms with van der Waals surface area (Å²) in [5, 5.41) is 8.05. The van der Waals surface area contributed by atoms with Crippen LogP contribution in [-0.4, -0.2) is 43.8 Å². The normalized spacial score (nSPS) is 22.5. The Balaban J connectivity index is 1.81. The number of rotatable bonds is 2. The number of aryl methyl sites for hydroxylation is 2. The summed E-state index contributed by atoms with van der Waals surface area (Å²) in [7, 11) is 1.80. The van der Waals surface area contributed by atoms with E-state index in [-0.39, 0.29) is 11.3 Å². The van der Waals surface area contributed by atoms with E-state index < -0.39 is 0 Å². The Morgan fingerprint density at radius 1 is 1.48 bits per heavy atom. The summed E-state index contributed by atoms with van der Waals surface area (Å²) in [5.41, 5.74) is 0.188. The maximum Gasteiger partial charge on any atom is 0.274 e. The number of likely N-dealkylation sites (tertiary alicyclic amines) is 1. The van der Waals surface area contributed by atoms with Crippen LogP contribution in [0.2, 0.25) is 0 Å². The Kier molecular flexibility index (Phi) is 3.27. The van der Waals surface area contributed by atoms with Gasteiger partial charge in [0.1, 0.15) is 5.69 Å². The molecule has 21 heavy (non-hydrogen) atoms. The minimum Gasteiger partial charge on any atom is -0.339 e. The zero-order valence-corrected chi connectivity index (χ0v) is 12.5. The fraction of sp³-hybridized carbons (Fsp3) is 0.571. The fourth-order valence-corrected chi connectivity index (χ4v) is 2.82. The second-order valence-electron chi connectivity index (χ2n) is 5.91. The summed E-state index contributed by atoms with van der Waals surface area (Å²) in [6.07, 6.45) is 3.62. The highest BCUT2D eigenvalue weighted by Crippen LogP contribution is 2.33. The van der Waals surface area contributed by atoms with Gasteiger partial charge >= 0.3 is 0 Å². The number of carbonyl (C=O) groups is 1. The molecule has 2 aromatic heterocycles. The third-order valence-corrected chi connectivity index (χ3v) is 3.96. The van der Waals surface area contributed by atoms with Crippen LogP contribution < -0.4 is 0 Å². The molecule has 0 bridgehead atoms. The molecule has 3 rings (SSSR count).